The van der Waals surface area contributed by atoms with E-state index in [0.717, 1.165) is 0 Å². The molecule has 84 valence electrons. The number of allylic oxidation sites excluding steroid dienone is 2. The van der Waals surface area contributed by atoms with Gasteiger partial charge < -0.3 is 0 Å². The first-order valence-corrected chi connectivity index (χ1v) is 6.55. The summed E-state index contributed by atoms with van der Waals surface area (Å²) in [4.78, 5) is 11.7. The van der Waals surface area contributed by atoms with Gasteiger partial charge in [0.1, 0.15) is 4.91 Å². The molecule has 0 spiro atoms. The molecule has 0 aliphatic heterocycles. The summed E-state index contributed by atoms with van der Waals surface area (Å²) in [7, 11) is -3.61. The van der Waals surface area contributed by atoms with Gasteiger partial charge in [-0.1, -0.05) is 31.2 Å². The van der Waals surface area contributed by atoms with E-state index in [9.17, 15) is 13.2 Å². The maximum absolute atomic E-state index is 12.1. The van der Waals surface area contributed by atoms with E-state index in [1.807, 2.05) is 6.92 Å². The standard InChI is InChI=1S/C12H12O3S/c1-9-7-11(13)12(8-9)16(14,15)10-5-3-2-4-6-10/h2-6,8-9H,7H2,1H3/t9-/m0/s1. The predicted molar refractivity (Wildman–Crippen MR) is 60.5 cm³/mol. The molecule has 1 aliphatic rings. The molecule has 0 unspecified atom stereocenters. The molecule has 1 atom stereocenters. The van der Waals surface area contributed by atoms with Gasteiger partial charge in [0, 0.05) is 6.42 Å². The fraction of sp³-hybridized carbons (Fsp3) is 0.250. The molecular weight excluding hydrogens is 224 g/mol. The molecule has 16 heavy (non-hydrogen) atoms. The van der Waals surface area contributed by atoms with E-state index in [4.69, 9.17) is 0 Å². The van der Waals surface area contributed by atoms with Gasteiger partial charge in [-0.3, -0.25) is 4.79 Å². The number of ketones is 1. The number of rotatable bonds is 2. The molecule has 0 amide bonds. The maximum Gasteiger partial charge on any atom is 0.209 e. The molecule has 2 rings (SSSR count). The smallest absolute Gasteiger partial charge is 0.209 e. The minimum atomic E-state index is -3.61. The lowest BCUT2D eigenvalue weighted by Crippen LogP contribution is -2.10. The van der Waals surface area contributed by atoms with Gasteiger partial charge in [-0.25, -0.2) is 8.42 Å². The van der Waals surface area contributed by atoms with Crippen LogP contribution in [0.5, 0.6) is 0 Å². The third-order valence-electron chi connectivity index (χ3n) is 2.56. The average molecular weight is 236 g/mol. The number of carbonyl (C=O) groups is 1. The summed E-state index contributed by atoms with van der Waals surface area (Å²) < 4.78 is 24.2. The Labute approximate surface area is 94.7 Å². The van der Waals surface area contributed by atoms with Crippen molar-refractivity contribution in [2.24, 2.45) is 5.92 Å². The van der Waals surface area contributed by atoms with Crippen LogP contribution in [-0.4, -0.2) is 14.2 Å². The second-order valence-electron chi connectivity index (χ2n) is 3.95. The van der Waals surface area contributed by atoms with Crippen molar-refractivity contribution in [3.05, 3.63) is 41.3 Å². The van der Waals surface area contributed by atoms with Crippen LogP contribution in [0.4, 0.5) is 0 Å². The Balaban J connectivity index is 2.49. The maximum atomic E-state index is 12.1. The average Bonchev–Trinajstić information content (AvgIpc) is 2.60. The zero-order valence-electron chi connectivity index (χ0n) is 8.88. The van der Waals surface area contributed by atoms with Crippen molar-refractivity contribution in [3.8, 4) is 0 Å². The van der Waals surface area contributed by atoms with Crippen molar-refractivity contribution < 1.29 is 13.2 Å². The van der Waals surface area contributed by atoms with Crippen LogP contribution in [0.3, 0.4) is 0 Å². The van der Waals surface area contributed by atoms with Gasteiger partial charge in [0.25, 0.3) is 0 Å². The van der Waals surface area contributed by atoms with Crippen molar-refractivity contribution in [2.45, 2.75) is 18.2 Å². The van der Waals surface area contributed by atoms with Gasteiger partial charge in [0.2, 0.25) is 9.84 Å². The number of benzene rings is 1. The van der Waals surface area contributed by atoms with Crippen LogP contribution in [0, 0.1) is 5.92 Å². The summed E-state index contributed by atoms with van der Waals surface area (Å²) in [5.74, 6) is -0.266. The van der Waals surface area contributed by atoms with Crippen LogP contribution in [0.15, 0.2) is 46.2 Å². The van der Waals surface area contributed by atoms with E-state index in [-0.39, 0.29) is 21.5 Å². The van der Waals surface area contributed by atoms with E-state index in [1.165, 1.54) is 12.1 Å². The fourth-order valence-electron chi connectivity index (χ4n) is 1.77. The van der Waals surface area contributed by atoms with E-state index in [2.05, 4.69) is 0 Å². The van der Waals surface area contributed by atoms with Gasteiger partial charge >= 0.3 is 0 Å². The highest BCUT2D eigenvalue weighted by molar-refractivity contribution is 7.96. The molecule has 3 nitrogen and oxygen atoms in total. The van der Waals surface area contributed by atoms with Crippen LogP contribution >= 0.6 is 0 Å². The summed E-state index contributed by atoms with van der Waals surface area (Å²) in [6, 6.07) is 8.05. The topological polar surface area (TPSA) is 51.2 Å². The van der Waals surface area contributed by atoms with Gasteiger partial charge in [-0.05, 0) is 18.1 Å². The lowest BCUT2D eigenvalue weighted by atomic mass is 10.2. The molecule has 0 saturated heterocycles. The Morgan fingerprint density at radius 3 is 2.31 bits per heavy atom. The quantitative estimate of drug-likeness (QED) is 0.788. The Hall–Kier alpha value is -1.42. The summed E-state index contributed by atoms with van der Waals surface area (Å²) in [6.07, 6.45) is 1.84. The van der Waals surface area contributed by atoms with E-state index in [0.29, 0.717) is 6.42 Å². The second-order valence-corrected chi connectivity index (χ2v) is 5.87. The molecule has 0 aromatic heterocycles. The van der Waals surface area contributed by atoms with Crippen molar-refractivity contribution >= 4 is 15.6 Å². The van der Waals surface area contributed by atoms with E-state index >= 15 is 0 Å². The molecule has 1 aromatic carbocycles. The largest absolute Gasteiger partial charge is 0.293 e. The Bertz CT molecular complexity index is 541. The third kappa shape index (κ3) is 1.80. The summed E-state index contributed by atoms with van der Waals surface area (Å²) >= 11 is 0. The number of hydrogen-bond donors (Lipinski definition) is 0. The molecule has 1 aliphatic carbocycles. The normalized spacial score (nSPS) is 20.9. The summed E-state index contributed by atoms with van der Waals surface area (Å²) in [5.41, 5.74) is 0. The molecule has 0 saturated carbocycles. The summed E-state index contributed by atoms with van der Waals surface area (Å²) in [6.45, 7) is 1.84. The number of hydrogen-bond acceptors (Lipinski definition) is 3. The zero-order valence-corrected chi connectivity index (χ0v) is 9.70. The first-order chi connectivity index (χ1) is 7.51. The van der Waals surface area contributed by atoms with Crippen LogP contribution in [0.25, 0.3) is 0 Å². The highest BCUT2D eigenvalue weighted by atomic mass is 32.2. The molecule has 0 N–H and O–H groups in total. The molecule has 0 heterocycles. The molecule has 4 heteroatoms. The van der Waals surface area contributed by atoms with Crippen molar-refractivity contribution in [1.82, 2.24) is 0 Å². The van der Waals surface area contributed by atoms with Gasteiger partial charge in [0.05, 0.1) is 4.90 Å². The lowest BCUT2D eigenvalue weighted by Gasteiger charge is -2.03. The minimum absolute atomic E-state index is 0.0148. The fourth-order valence-corrected chi connectivity index (χ4v) is 3.33. The SMILES string of the molecule is C[C@@H]1C=C(S(=O)(=O)c2ccccc2)C(=O)C1. The minimum Gasteiger partial charge on any atom is -0.293 e. The van der Waals surface area contributed by atoms with Gasteiger partial charge in [0.15, 0.2) is 5.78 Å². The monoisotopic (exact) mass is 236 g/mol. The van der Waals surface area contributed by atoms with Crippen LogP contribution < -0.4 is 0 Å². The van der Waals surface area contributed by atoms with Crippen molar-refractivity contribution in [3.63, 3.8) is 0 Å². The first kappa shape index (κ1) is 11.1. The first-order valence-electron chi connectivity index (χ1n) is 5.07. The molecule has 0 bridgehead atoms. The molecular formula is C12H12O3S. The predicted octanol–water partition coefficient (Wildman–Crippen LogP) is 1.95. The number of sulfone groups is 1. The van der Waals surface area contributed by atoms with E-state index < -0.39 is 9.84 Å². The highest BCUT2D eigenvalue weighted by Gasteiger charge is 2.32. The summed E-state index contributed by atoms with van der Waals surface area (Å²) in [5, 5.41) is 0. The van der Waals surface area contributed by atoms with Crippen molar-refractivity contribution in [1.29, 1.82) is 0 Å². The Kier molecular flexibility index (Phi) is 2.68. The lowest BCUT2D eigenvalue weighted by molar-refractivity contribution is -0.114. The van der Waals surface area contributed by atoms with Gasteiger partial charge in [-0.2, -0.15) is 0 Å². The zero-order chi connectivity index (χ0) is 11.8. The highest BCUT2D eigenvalue weighted by Crippen LogP contribution is 2.28. The second kappa shape index (κ2) is 3.87. The van der Waals surface area contributed by atoms with Crippen LogP contribution in [-0.2, 0) is 14.6 Å². The Morgan fingerprint density at radius 2 is 1.81 bits per heavy atom. The van der Waals surface area contributed by atoms with E-state index in [1.54, 1.807) is 24.3 Å². The van der Waals surface area contributed by atoms with Crippen molar-refractivity contribution in [2.75, 3.05) is 0 Å². The van der Waals surface area contributed by atoms with Gasteiger partial charge in [-0.15, -0.1) is 0 Å². The molecule has 0 fully saturated rings. The number of carbonyl (C=O) groups excluding carboxylic acids is 1. The number of Topliss-reactive ketones (excluding diaryl/α,β-unsaturated/α-hetero) is 1. The third-order valence-corrected chi connectivity index (χ3v) is 4.40. The van der Waals surface area contributed by atoms with Crippen LogP contribution in [0.1, 0.15) is 13.3 Å². The Morgan fingerprint density at radius 1 is 1.19 bits per heavy atom. The molecule has 0 radical (unpaired) electrons. The molecule has 1 aromatic rings. The van der Waals surface area contributed by atoms with Crippen LogP contribution in [0.2, 0.25) is 0 Å².